The normalized spacial score (nSPS) is 10.7. The topological polar surface area (TPSA) is 134 Å². The van der Waals surface area contributed by atoms with E-state index in [9.17, 15) is 20.1 Å². The van der Waals surface area contributed by atoms with Gasteiger partial charge in [-0.3, -0.25) is 9.20 Å². The van der Waals surface area contributed by atoms with Crippen LogP contribution in [0, 0.1) is 29.6 Å². The summed E-state index contributed by atoms with van der Waals surface area (Å²) in [5, 5.41) is 19.9. The minimum absolute atomic E-state index is 0.0320. The predicted octanol–water partition coefficient (Wildman–Crippen LogP) is 3.39. The van der Waals surface area contributed by atoms with Crippen molar-refractivity contribution >= 4 is 39.0 Å². The molecule has 4 aromatic rings. The zero-order chi connectivity index (χ0) is 22.3. The van der Waals surface area contributed by atoms with E-state index in [1.54, 1.807) is 38.1 Å². The van der Waals surface area contributed by atoms with Crippen molar-refractivity contribution in [2.45, 2.75) is 13.8 Å². The van der Waals surface area contributed by atoms with E-state index in [0.717, 1.165) is 11.3 Å². The number of thiophene rings is 1. The van der Waals surface area contributed by atoms with Gasteiger partial charge < -0.3 is 10.5 Å². The molecule has 31 heavy (non-hydrogen) atoms. The Kier molecular flexibility index (Phi) is 4.90. The first-order chi connectivity index (χ1) is 14.9. The first kappa shape index (κ1) is 20.1. The van der Waals surface area contributed by atoms with Crippen LogP contribution in [0.4, 0.5) is 5.82 Å². The molecular weight excluding hydrogens is 414 g/mol. The molecule has 0 aliphatic rings. The van der Waals surface area contributed by atoms with Crippen LogP contribution in [0.3, 0.4) is 0 Å². The summed E-state index contributed by atoms with van der Waals surface area (Å²) in [6, 6.07) is 13.0. The maximum atomic E-state index is 13.0. The third-order valence-electron chi connectivity index (χ3n) is 4.89. The molecule has 0 bridgehead atoms. The van der Waals surface area contributed by atoms with Gasteiger partial charge in [-0.15, -0.1) is 11.3 Å². The van der Waals surface area contributed by atoms with Gasteiger partial charge in [0, 0.05) is 10.4 Å². The van der Waals surface area contributed by atoms with Gasteiger partial charge in [0.15, 0.2) is 5.65 Å². The third kappa shape index (κ3) is 2.91. The van der Waals surface area contributed by atoms with Crippen LogP contribution in [0.5, 0.6) is 0 Å². The molecule has 1 aromatic carbocycles. The number of nitrogens with zero attached hydrogens (tertiary/aromatic N) is 4. The molecule has 0 unspecified atom stereocenters. The molecule has 2 N–H and O–H groups in total. The van der Waals surface area contributed by atoms with Crippen LogP contribution in [0.2, 0.25) is 0 Å². The van der Waals surface area contributed by atoms with Gasteiger partial charge in [-0.1, -0.05) is 30.3 Å². The van der Waals surface area contributed by atoms with Gasteiger partial charge in [-0.25, -0.2) is 4.79 Å². The molecule has 3 aromatic heterocycles. The van der Waals surface area contributed by atoms with Crippen LogP contribution in [0.25, 0.3) is 27.0 Å². The minimum Gasteiger partial charge on any atom is -0.462 e. The van der Waals surface area contributed by atoms with Crippen molar-refractivity contribution in [3.05, 3.63) is 62.3 Å². The summed E-state index contributed by atoms with van der Waals surface area (Å²) in [5.41, 5.74) is 6.94. The van der Waals surface area contributed by atoms with Gasteiger partial charge in [-0.2, -0.15) is 15.5 Å². The lowest BCUT2D eigenvalue weighted by atomic mass is 9.96. The lowest BCUT2D eigenvalue weighted by Gasteiger charge is -2.15. The number of benzene rings is 1. The second-order valence-corrected chi connectivity index (χ2v) is 7.81. The number of aromatic nitrogens is 2. The number of ether oxygens (including phenoxy) is 1. The van der Waals surface area contributed by atoms with Crippen LogP contribution >= 0.6 is 11.3 Å². The summed E-state index contributed by atoms with van der Waals surface area (Å²) in [6.45, 7) is 3.51. The summed E-state index contributed by atoms with van der Waals surface area (Å²) in [6.07, 6.45) is 0. The Bertz CT molecular complexity index is 1520. The zero-order valence-corrected chi connectivity index (χ0v) is 17.4. The maximum absolute atomic E-state index is 13.0. The number of carbonyl (C=O) groups excluding carboxylic acids is 1. The molecule has 0 spiro atoms. The lowest BCUT2D eigenvalue weighted by Crippen LogP contribution is -2.17. The average Bonchev–Trinajstić information content (AvgIpc) is 3.11. The number of hydrogen-bond acceptors (Lipinski definition) is 8. The van der Waals surface area contributed by atoms with Crippen LogP contribution in [-0.4, -0.2) is 22.0 Å². The van der Waals surface area contributed by atoms with Crippen LogP contribution < -0.4 is 11.3 Å². The average molecular weight is 429 g/mol. The minimum atomic E-state index is -0.665. The standard InChI is InChI=1S/C22H15N5O3S/c1-3-30-22(29)15-11(2)31-21-17(15)20(28)26-19-14(10-24)16(12-7-5-4-6-8-12)13(9-23)18(25)27(19)21/h4-8H,3,25H2,1-2H3. The number of carbonyl (C=O) groups is 1. The zero-order valence-electron chi connectivity index (χ0n) is 16.6. The largest absolute Gasteiger partial charge is 0.462 e. The molecule has 0 fully saturated rings. The second kappa shape index (κ2) is 7.56. The molecule has 0 atom stereocenters. The van der Waals surface area contributed by atoms with Crippen LogP contribution in [0.15, 0.2) is 35.1 Å². The van der Waals surface area contributed by atoms with Gasteiger partial charge in [0.05, 0.1) is 17.6 Å². The molecule has 0 amide bonds. The highest BCUT2D eigenvalue weighted by Gasteiger charge is 2.27. The molecular formula is C22H15N5O3S. The van der Waals surface area contributed by atoms with Crippen molar-refractivity contribution < 1.29 is 9.53 Å². The number of anilines is 1. The van der Waals surface area contributed by atoms with E-state index < -0.39 is 11.5 Å². The number of rotatable bonds is 3. The molecule has 152 valence electrons. The highest BCUT2D eigenvalue weighted by molar-refractivity contribution is 7.19. The molecule has 3 heterocycles. The van der Waals surface area contributed by atoms with Gasteiger partial charge >= 0.3 is 5.97 Å². The Hall–Kier alpha value is -4.21. The molecule has 4 rings (SSSR count). The Morgan fingerprint density at radius 1 is 1.23 bits per heavy atom. The molecule has 0 aliphatic heterocycles. The van der Waals surface area contributed by atoms with E-state index in [2.05, 4.69) is 17.1 Å². The first-order valence-electron chi connectivity index (χ1n) is 9.28. The monoisotopic (exact) mass is 429 g/mol. The van der Waals surface area contributed by atoms with E-state index in [1.165, 1.54) is 4.40 Å². The molecule has 0 radical (unpaired) electrons. The number of aryl methyl sites for hydroxylation is 1. The second-order valence-electron chi connectivity index (χ2n) is 6.61. The first-order valence-corrected chi connectivity index (χ1v) is 10.1. The Balaban J connectivity index is 2.25. The summed E-state index contributed by atoms with van der Waals surface area (Å²) >= 11 is 1.15. The van der Waals surface area contributed by atoms with Crippen molar-refractivity contribution in [3.8, 4) is 23.3 Å². The fraction of sp³-hybridized carbons (Fsp3) is 0.136. The molecule has 0 saturated carbocycles. The highest BCUT2D eigenvalue weighted by atomic mass is 32.1. The van der Waals surface area contributed by atoms with Gasteiger partial charge in [-0.05, 0) is 19.4 Å². The number of nitrogen functional groups attached to an aromatic ring is 1. The third-order valence-corrected chi connectivity index (χ3v) is 5.98. The summed E-state index contributed by atoms with van der Waals surface area (Å²) < 4.78 is 6.50. The highest BCUT2D eigenvalue weighted by Crippen LogP contribution is 2.37. The SMILES string of the molecule is CCOC(=O)c1c(C)sc2c1c(=O)nc1c(C#N)c(-c3ccccc3)c(C#N)c(N)n12. The van der Waals surface area contributed by atoms with Crippen molar-refractivity contribution in [1.82, 2.24) is 9.38 Å². The maximum Gasteiger partial charge on any atom is 0.340 e. The number of esters is 1. The number of nitrogens with two attached hydrogens (primary N) is 1. The van der Waals surface area contributed by atoms with Crippen molar-refractivity contribution in [2.24, 2.45) is 0 Å². The molecule has 0 aliphatic carbocycles. The molecule has 0 saturated heterocycles. The van der Waals surface area contributed by atoms with Gasteiger partial charge in [0.1, 0.15) is 33.9 Å². The van der Waals surface area contributed by atoms with E-state index in [-0.39, 0.29) is 40.1 Å². The van der Waals surface area contributed by atoms with Gasteiger partial charge in [0.2, 0.25) is 0 Å². The Morgan fingerprint density at radius 3 is 2.52 bits per heavy atom. The van der Waals surface area contributed by atoms with Gasteiger partial charge in [0.25, 0.3) is 5.56 Å². The molecule has 9 heteroatoms. The predicted molar refractivity (Wildman–Crippen MR) is 117 cm³/mol. The summed E-state index contributed by atoms with van der Waals surface area (Å²) in [5.74, 6) is -0.602. The lowest BCUT2D eigenvalue weighted by molar-refractivity contribution is 0.0528. The van der Waals surface area contributed by atoms with E-state index in [1.807, 2.05) is 6.07 Å². The number of fused-ring (bicyclic) bond motifs is 3. The smallest absolute Gasteiger partial charge is 0.340 e. The van der Waals surface area contributed by atoms with E-state index in [4.69, 9.17) is 10.5 Å². The summed E-state index contributed by atoms with van der Waals surface area (Å²) in [7, 11) is 0. The number of nitriles is 2. The number of hydrogen-bond donors (Lipinski definition) is 1. The van der Waals surface area contributed by atoms with Crippen molar-refractivity contribution in [1.29, 1.82) is 10.5 Å². The van der Waals surface area contributed by atoms with Crippen LogP contribution in [-0.2, 0) is 4.74 Å². The van der Waals surface area contributed by atoms with Crippen molar-refractivity contribution in [3.63, 3.8) is 0 Å². The van der Waals surface area contributed by atoms with E-state index >= 15 is 0 Å². The fourth-order valence-electron chi connectivity index (χ4n) is 3.61. The van der Waals surface area contributed by atoms with Crippen molar-refractivity contribution in [2.75, 3.05) is 12.3 Å². The Morgan fingerprint density at radius 2 is 1.90 bits per heavy atom. The van der Waals surface area contributed by atoms with E-state index in [0.29, 0.717) is 20.8 Å². The molecule has 8 nitrogen and oxygen atoms in total. The Labute approximate surface area is 180 Å². The summed E-state index contributed by atoms with van der Waals surface area (Å²) in [4.78, 5) is 30.4. The van der Waals surface area contributed by atoms with Crippen LogP contribution in [0.1, 0.15) is 33.3 Å². The fourth-order valence-corrected chi connectivity index (χ4v) is 4.76. The number of pyridine rings is 1. The quantitative estimate of drug-likeness (QED) is 0.493.